The molecule has 0 aromatic rings. The van der Waals surface area contributed by atoms with Gasteiger partial charge in [0.05, 0.1) is 6.42 Å². The molecule has 0 saturated heterocycles. The van der Waals surface area contributed by atoms with E-state index in [1.807, 2.05) is 0 Å². The van der Waals surface area contributed by atoms with E-state index in [9.17, 15) is 13.2 Å². The van der Waals surface area contributed by atoms with Gasteiger partial charge in [-0.05, 0) is 19.4 Å². The maximum Gasteiger partial charge on any atom is 0.390 e. The maximum absolute atomic E-state index is 12.1. The Bertz CT molecular complexity index is 149. The van der Waals surface area contributed by atoms with Crippen molar-refractivity contribution in [2.24, 2.45) is 5.92 Å². The van der Waals surface area contributed by atoms with Crippen LogP contribution in [0.4, 0.5) is 13.2 Å². The predicted octanol–water partition coefficient (Wildman–Crippen LogP) is 2.20. The fraction of sp³-hybridized carbons (Fsp3) is 1.00. The maximum atomic E-state index is 12.1. The van der Waals surface area contributed by atoms with Crippen LogP contribution in [0.3, 0.4) is 0 Å². The molecular formula is C9H18F3NO. The van der Waals surface area contributed by atoms with Gasteiger partial charge in [0.15, 0.2) is 0 Å². The number of alkyl halides is 3. The van der Waals surface area contributed by atoms with E-state index in [-0.39, 0.29) is 5.92 Å². The summed E-state index contributed by atoms with van der Waals surface area (Å²) in [6, 6.07) is -0.523. The minimum atomic E-state index is -4.10. The standard InChI is InChI=1S/C9H18F3NO/c1-7(4-5-14-3)8(13-2)6-9(10,11)12/h7-8,13H,4-6H2,1-3H3. The second-order valence-corrected chi connectivity index (χ2v) is 3.47. The highest BCUT2D eigenvalue weighted by molar-refractivity contribution is 4.74. The zero-order valence-corrected chi connectivity index (χ0v) is 8.82. The molecule has 0 aliphatic carbocycles. The van der Waals surface area contributed by atoms with Crippen LogP contribution in [-0.4, -0.2) is 33.0 Å². The molecule has 2 unspecified atom stereocenters. The molecule has 86 valence electrons. The van der Waals surface area contributed by atoms with Gasteiger partial charge in [-0.15, -0.1) is 0 Å². The van der Waals surface area contributed by atoms with Gasteiger partial charge in [-0.3, -0.25) is 0 Å². The van der Waals surface area contributed by atoms with Crippen LogP contribution in [0, 0.1) is 5.92 Å². The SMILES string of the molecule is CNC(CC(F)(F)F)C(C)CCOC. The van der Waals surface area contributed by atoms with Crippen LogP contribution in [0.2, 0.25) is 0 Å². The molecule has 0 radical (unpaired) electrons. The Morgan fingerprint density at radius 1 is 1.36 bits per heavy atom. The first-order chi connectivity index (χ1) is 6.40. The van der Waals surface area contributed by atoms with E-state index in [0.717, 1.165) is 0 Å². The van der Waals surface area contributed by atoms with Gasteiger partial charge < -0.3 is 10.1 Å². The molecular weight excluding hydrogens is 195 g/mol. The number of rotatable bonds is 6. The first kappa shape index (κ1) is 13.7. The van der Waals surface area contributed by atoms with Crippen molar-refractivity contribution < 1.29 is 17.9 Å². The molecule has 0 aromatic heterocycles. The molecule has 0 rings (SSSR count). The average molecular weight is 213 g/mol. The fourth-order valence-electron chi connectivity index (χ4n) is 1.34. The van der Waals surface area contributed by atoms with Gasteiger partial charge in [0.2, 0.25) is 0 Å². The average Bonchev–Trinajstić information content (AvgIpc) is 2.08. The molecule has 0 bridgehead atoms. The molecule has 0 aliphatic heterocycles. The van der Waals surface area contributed by atoms with Gasteiger partial charge in [0.1, 0.15) is 0 Å². The summed E-state index contributed by atoms with van der Waals surface area (Å²) in [5.41, 5.74) is 0. The molecule has 0 heterocycles. The topological polar surface area (TPSA) is 21.3 Å². The number of ether oxygens (including phenoxy) is 1. The Morgan fingerprint density at radius 3 is 2.29 bits per heavy atom. The largest absolute Gasteiger partial charge is 0.390 e. The highest BCUT2D eigenvalue weighted by Crippen LogP contribution is 2.25. The van der Waals surface area contributed by atoms with E-state index in [2.05, 4.69) is 5.32 Å². The summed E-state index contributed by atoms with van der Waals surface area (Å²) in [5, 5.41) is 2.69. The molecule has 0 fully saturated rings. The van der Waals surface area contributed by atoms with E-state index < -0.39 is 18.6 Å². The van der Waals surface area contributed by atoms with Crippen molar-refractivity contribution >= 4 is 0 Å². The Balaban J connectivity index is 3.99. The van der Waals surface area contributed by atoms with Crippen LogP contribution >= 0.6 is 0 Å². The zero-order valence-electron chi connectivity index (χ0n) is 8.82. The van der Waals surface area contributed by atoms with Crippen molar-refractivity contribution in [3.8, 4) is 0 Å². The van der Waals surface area contributed by atoms with Crippen LogP contribution in [0.15, 0.2) is 0 Å². The molecule has 2 nitrogen and oxygen atoms in total. The van der Waals surface area contributed by atoms with Crippen molar-refractivity contribution in [2.45, 2.75) is 32.0 Å². The Labute approximate surface area is 82.8 Å². The quantitative estimate of drug-likeness (QED) is 0.730. The third-order valence-corrected chi connectivity index (χ3v) is 2.29. The Hall–Kier alpha value is -0.290. The lowest BCUT2D eigenvalue weighted by Crippen LogP contribution is -2.37. The van der Waals surface area contributed by atoms with Crippen LogP contribution in [0.25, 0.3) is 0 Å². The van der Waals surface area contributed by atoms with Gasteiger partial charge in [-0.25, -0.2) is 0 Å². The molecule has 0 amide bonds. The van der Waals surface area contributed by atoms with Crippen molar-refractivity contribution in [1.29, 1.82) is 0 Å². The van der Waals surface area contributed by atoms with Gasteiger partial charge in [-0.1, -0.05) is 6.92 Å². The molecule has 2 atom stereocenters. The third-order valence-electron chi connectivity index (χ3n) is 2.29. The molecule has 0 aliphatic rings. The highest BCUT2D eigenvalue weighted by Gasteiger charge is 2.33. The third kappa shape index (κ3) is 6.21. The fourth-order valence-corrected chi connectivity index (χ4v) is 1.34. The molecule has 14 heavy (non-hydrogen) atoms. The van der Waals surface area contributed by atoms with Crippen LogP contribution < -0.4 is 5.32 Å². The normalized spacial score (nSPS) is 16.7. The lowest BCUT2D eigenvalue weighted by Gasteiger charge is -2.24. The Morgan fingerprint density at radius 2 is 1.93 bits per heavy atom. The van der Waals surface area contributed by atoms with E-state index in [1.165, 1.54) is 0 Å². The first-order valence-corrected chi connectivity index (χ1v) is 4.63. The lowest BCUT2D eigenvalue weighted by atomic mass is 9.96. The summed E-state index contributed by atoms with van der Waals surface area (Å²) in [6.45, 7) is 2.29. The van der Waals surface area contributed by atoms with Crippen molar-refractivity contribution in [2.75, 3.05) is 20.8 Å². The smallest absolute Gasteiger partial charge is 0.385 e. The predicted molar refractivity (Wildman–Crippen MR) is 49.2 cm³/mol. The lowest BCUT2D eigenvalue weighted by molar-refractivity contribution is -0.142. The van der Waals surface area contributed by atoms with Crippen LogP contribution in [-0.2, 0) is 4.74 Å². The number of methoxy groups -OCH3 is 1. The molecule has 0 aromatic carbocycles. The summed E-state index contributed by atoms with van der Waals surface area (Å²) in [4.78, 5) is 0. The second-order valence-electron chi connectivity index (χ2n) is 3.47. The zero-order chi connectivity index (χ0) is 11.2. The summed E-state index contributed by atoms with van der Waals surface area (Å²) in [5.74, 6) is -0.0402. The first-order valence-electron chi connectivity index (χ1n) is 4.63. The number of hydrogen-bond acceptors (Lipinski definition) is 2. The molecule has 1 N–H and O–H groups in total. The Kier molecular flexibility index (Phi) is 6.11. The molecule has 0 spiro atoms. The van der Waals surface area contributed by atoms with E-state index in [0.29, 0.717) is 13.0 Å². The number of hydrogen-bond donors (Lipinski definition) is 1. The summed E-state index contributed by atoms with van der Waals surface area (Å²) < 4.78 is 41.1. The van der Waals surface area contributed by atoms with E-state index in [4.69, 9.17) is 4.74 Å². The molecule has 0 saturated carbocycles. The number of halogens is 3. The van der Waals surface area contributed by atoms with Gasteiger partial charge in [0.25, 0.3) is 0 Å². The minimum Gasteiger partial charge on any atom is -0.385 e. The van der Waals surface area contributed by atoms with Gasteiger partial charge in [-0.2, -0.15) is 13.2 Å². The van der Waals surface area contributed by atoms with Crippen molar-refractivity contribution in [1.82, 2.24) is 5.32 Å². The summed E-state index contributed by atoms with van der Waals surface area (Å²) >= 11 is 0. The van der Waals surface area contributed by atoms with Crippen LogP contribution in [0.1, 0.15) is 19.8 Å². The van der Waals surface area contributed by atoms with Crippen molar-refractivity contribution in [3.05, 3.63) is 0 Å². The van der Waals surface area contributed by atoms with Crippen LogP contribution in [0.5, 0.6) is 0 Å². The summed E-state index contributed by atoms with van der Waals surface area (Å²) in [6.07, 6.45) is -4.25. The number of nitrogens with one attached hydrogen (secondary N) is 1. The van der Waals surface area contributed by atoms with E-state index >= 15 is 0 Å². The minimum absolute atomic E-state index is 0.0402. The highest BCUT2D eigenvalue weighted by atomic mass is 19.4. The second kappa shape index (κ2) is 6.24. The van der Waals surface area contributed by atoms with Crippen molar-refractivity contribution in [3.63, 3.8) is 0 Å². The van der Waals surface area contributed by atoms with E-state index in [1.54, 1.807) is 21.1 Å². The van der Waals surface area contributed by atoms with Gasteiger partial charge in [0, 0.05) is 19.8 Å². The molecule has 5 heteroatoms. The van der Waals surface area contributed by atoms with Gasteiger partial charge >= 0.3 is 6.18 Å². The summed E-state index contributed by atoms with van der Waals surface area (Å²) in [7, 11) is 3.10. The monoisotopic (exact) mass is 213 g/mol.